The summed E-state index contributed by atoms with van der Waals surface area (Å²) in [6, 6.07) is 17.9. The molecule has 0 saturated carbocycles. The van der Waals surface area contributed by atoms with Crippen molar-refractivity contribution >= 4 is 37.6 Å². The fourth-order valence-corrected chi connectivity index (χ4v) is 7.77. The maximum atomic E-state index is 4.50. The van der Waals surface area contributed by atoms with Gasteiger partial charge in [-0.15, -0.1) is 0 Å². The molecule has 160 valence electrons. The van der Waals surface area contributed by atoms with Crippen molar-refractivity contribution in [3.05, 3.63) is 66.5 Å². The minimum Gasteiger partial charge on any atom is -0.264 e. The van der Waals surface area contributed by atoms with Gasteiger partial charge in [-0.1, -0.05) is 69.6 Å². The molecule has 0 saturated heterocycles. The lowest BCUT2D eigenvalue weighted by atomic mass is 10.1. The van der Waals surface area contributed by atoms with Gasteiger partial charge in [0.1, 0.15) is 5.69 Å². The van der Waals surface area contributed by atoms with E-state index in [1.807, 2.05) is 12.4 Å². The van der Waals surface area contributed by atoms with Crippen molar-refractivity contribution in [3.63, 3.8) is 0 Å². The Morgan fingerprint density at radius 3 is 2.00 bits per heavy atom. The highest BCUT2D eigenvalue weighted by atomic mass is 28.3. The number of rotatable bonds is 4. The molecule has 0 radical (unpaired) electrons. The van der Waals surface area contributed by atoms with Gasteiger partial charge in [-0.25, -0.2) is 4.57 Å². The summed E-state index contributed by atoms with van der Waals surface area (Å²) in [7, 11) is -1.03. The summed E-state index contributed by atoms with van der Waals surface area (Å²) in [5, 5.41) is 3.05. The Labute approximate surface area is 188 Å². The molecule has 0 spiro atoms. The smallest absolute Gasteiger partial charge is 0.264 e. The van der Waals surface area contributed by atoms with E-state index >= 15 is 0 Å². The molecule has 2 heterocycles. The first-order chi connectivity index (χ1) is 14.5. The Kier molecular flexibility index (Phi) is 5.30. The summed E-state index contributed by atoms with van der Waals surface area (Å²) in [6.07, 6.45) is 3.90. The van der Waals surface area contributed by atoms with Crippen molar-refractivity contribution < 1.29 is 4.57 Å². The molecule has 31 heavy (non-hydrogen) atoms. The zero-order valence-corrected chi connectivity index (χ0v) is 22.1. The molecule has 0 unspecified atom stereocenters. The van der Waals surface area contributed by atoms with E-state index in [4.69, 9.17) is 0 Å². The van der Waals surface area contributed by atoms with Crippen LogP contribution in [-0.2, 0) is 7.05 Å². The SMILES string of the molecule is Cc1ccncc1-c1n(-c2c([Si](C)(C)C)cccc2[Si](C)(C)C)c2ccccc2[n+]1C. The fraction of sp³-hybridized carbons (Fsp3) is 0.308. The first kappa shape index (κ1) is 21.7. The molecule has 0 amide bonds. The third kappa shape index (κ3) is 3.70. The summed E-state index contributed by atoms with van der Waals surface area (Å²) in [5.41, 5.74) is 6.35. The second-order valence-corrected chi connectivity index (χ2v) is 20.7. The van der Waals surface area contributed by atoms with Crippen LogP contribution in [0.15, 0.2) is 60.9 Å². The van der Waals surface area contributed by atoms with Gasteiger partial charge in [0.25, 0.3) is 5.82 Å². The zero-order valence-electron chi connectivity index (χ0n) is 20.1. The largest absolute Gasteiger partial charge is 0.296 e. The van der Waals surface area contributed by atoms with Gasteiger partial charge in [0.2, 0.25) is 0 Å². The van der Waals surface area contributed by atoms with E-state index in [0.29, 0.717) is 0 Å². The molecule has 0 atom stereocenters. The van der Waals surface area contributed by atoms with Crippen LogP contribution >= 0.6 is 0 Å². The number of nitrogens with zero attached hydrogens (tertiary/aromatic N) is 3. The molecule has 4 rings (SSSR count). The summed E-state index contributed by atoms with van der Waals surface area (Å²) in [4.78, 5) is 4.50. The van der Waals surface area contributed by atoms with Gasteiger partial charge in [0, 0.05) is 12.4 Å². The topological polar surface area (TPSA) is 21.7 Å². The first-order valence-electron chi connectivity index (χ1n) is 11.1. The van der Waals surface area contributed by atoms with Crippen LogP contribution in [-0.4, -0.2) is 25.7 Å². The quantitative estimate of drug-likeness (QED) is 0.323. The average molecular weight is 445 g/mol. The minimum atomic E-state index is -1.61. The average Bonchev–Trinajstić information content (AvgIpc) is 2.99. The number of hydrogen-bond acceptors (Lipinski definition) is 1. The lowest BCUT2D eigenvalue weighted by molar-refractivity contribution is -0.633. The maximum absolute atomic E-state index is 4.50. The highest BCUT2D eigenvalue weighted by Crippen LogP contribution is 2.29. The molecule has 0 bridgehead atoms. The van der Waals surface area contributed by atoms with Gasteiger partial charge in [-0.2, -0.15) is 4.57 Å². The lowest BCUT2D eigenvalue weighted by Crippen LogP contribution is -2.49. The number of imidazole rings is 1. The van der Waals surface area contributed by atoms with Crippen molar-refractivity contribution in [1.82, 2.24) is 9.55 Å². The summed E-state index contributed by atoms with van der Waals surface area (Å²) in [6.45, 7) is 16.9. The molecule has 0 N–H and O–H groups in total. The van der Waals surface area contributed by atoms with E-state index in [1.54, 1.807) is 0 Å². The number of aromatic nitrogens is 3. The fourth-order valence-electron chi connectivity index (χ4n) is 4.54. The third-order valence-electron chi connectivity index (χ3n) is 6.17. The van der Waals surface area contributed by atoms with Gasteiger partial charge in [-0.3, -0.25) is 4.98 Å². The first-order valence-corrected chi connectivity index (χ1v) is 18.1. The molecule has 0 aliphatic heterocycles. The molecule has 4 aromatic rings. The van der Waals surface area contributed by atoms with Gasteiger partial charge in [-0.05, 0) is 41.1 Å². The Balaban J connectivity index is 2.26. The van der Waals surface area contributed by atoms with Crippen LogP contribution in [0, 0.1) is 6.92 Å². The van der Waals surface area contributed by atoms with Crippen LogP contribution in [0.4, 0.5) is 0 Å². The number of para-hydroxylation sites is 3. The van der Waals surface area contributed by atoms with Crippen molar-refractivity contribution in [2.45, 2.75) is 46.2 Å². The van der Waals surface area contributed by atoms with E-state index in [9.17, 15) is 0 Å². The van der Waals surface area contributed by atoms with Gasteiger partial charge in [0.05, 0.1) is 28.8 Å². The summed E-state index contributed by atoms with van der Waals surface area (Å²) >= 11 is 0. The van der Waals surface area contributed by atoms with E-state index in [1.165, 1.54) is 44.0 Å². The number of hydrogen-bond donors (Lipinski definition) is 0. The Bertz CT molecular complexity index is 1240. The Morgan fingerprint density at radius 1 is 0.806 bits per heavy atom. The predicted molar refractivity (Wildman–Crippen MR) is 138 cm³/mol. The number of benzene rings is 2. The van der Waals surface area contributed by atoms with Crippen molar-refractivity contribution in [1.29, 1.82) is 0 Å². The number of fused-ring (bicyclic) bond motifs is 1. The molecule has 2 aromatic carbocycles. The second kappa shape index (κ2) is 7.57. The molecule has 0 aliphatic rings. The Hall–Kier alpha value is -2.51. The standard InChI is InChI=1S/C26H34N3Si2/c1-19-16-17-27-18-20(19)26-28(2)21-12-9-10-13-22(21)29(26)25-23(30(3,4)5)14-11-15-24(25)31(6,7)8/h9-18H,1-8H3/q+1. The lowest BCUT2D eigenvalue weighted by Gasteiger charge is -2.26. The van der Waals surface area contributed by atoms with Crippen LogP contribution in [0.3, 0.4) is 0 Å². The van der Waals surface area contributed by atoms with E-state index in [2.05, 4.69) is 116 Å². The molecular formula is C26H34N3Si2+. The van der Waals surface area contributed by atoms with Gasteiger partial charge in [0.15, 0.2) is 11.0 Å². The van der Waals surface area contributed by atoms with Crippen LogP contribution in [0.2, 0.25) is 39.3 Å². The normalized spacial score (nSPS) is 12.5. The van der Waals surface area contributed by atoms with Crippen molar-refractivity contribution in [2.24, 2.45) is 7.05 Å². The number of pyridine rings is 1. The zero-order chi connectivity index (χ0) is 22.6. The minimum absolute atomic E-state index is 1.19. The van der Waals surface area contributed by atoms with E-state index < -0.39 is 16.1 Å². The van der Waals surface area contributed by atoms with Crippen LogP contribution in [0.25, 0.3) is 28.1 Å². The van der Waals surface area contributed by atoms with Gasteiger partial charge >= 0.3 is 0 Å². The molecule has 3 nitrogen and oxygen atoms in total. The monoisotopic (exact) mass is 444 g/mol. The molecule has 0 aliphatic carbocycles. The summed E-state index contributed by atoms with van der Waals surface area (Å²) < 4.78 is 4.88. The second-order valence-electron chi connectivity index (χ2n) is 10.6. The molecule has 2 aromatic heterocycles. The Morgan fingerprint density at radius 2 is 1.42 bits per heavy atom. The highest BCUT2D eigenvalue weighted by Gasteiger charge is 2.35. The number of aryl methyl sites for hydroxylation is 2. The van der Waals surface area contributed by atoms with Crippen LogP contribution in [0.5, 0.6) is 0 Å². The predicted octanol–water partition coefficient (Wildman–Crippen LogP) is 4.92. The third-order valence-corrected chi connectivity index (χ3v) is 10.2. The van der Waals surface area contributed by atoms with Crippen molar-refractivity contribution in [2.75, 3.05) is 0 Å². The maximum Gasteiger partial charge on any atom is 0.296 e. The van der Waals surface area contributed by atoms with Crippen LogP contribution in [0.1, 0.15) is 5.56 Å². The molecule has 5 heteroatoms. The highest BCUT2D eigenvalue weighted by molar-refractivity contribution is 6.93. The van der Waals surface area contributed by atoms with E-state index in [0.717, 1.165) is 0 Å². The molecular weight excluding hydrogens is 410 g/mol. The van der Waals surface area contributed by atoms with E-state index in [-0.39, 0.29) is 0 Å². The van der Waals surface area contributed by atoms with Crippen LogP contribution < -0.4 is 14.9 Å². The molecule has 0 fully saturated rings. The summed E-state index contributed by atoms with van der Waals surface area (Å²) in [5.74, 6) is 1.21. The van der Waals surface area contributed by atoms with Crippen molar-refractivity contribution in [3.8, 4) is 17.1 Å². The van der Waals surface area contributed by atoms with Gasteiger partial charge < -0.3 is 0 Å².